The summed E-state index contributed by atoms with van der Waals surface area (Å²) >= 11 is 10.9. The third kappa shape index (κ3) is 3.19. The van der Waals surface area contributed by atoms with Gasteiger partial charge in [0.05, 0.1) is 21.6 Å². The van der Waals surface area contributed by atoms with Gasteiger partial charge in [-0.25, -0.2) is 0 Å². The molecule has 1 N–H and O–H groups in total. The lowest BCUT2D eigenvalue weighted by Crippen LogP contribution is -2.30. The molecular weight excluding hydrogens is 378 g/mol. The van der Waals surface area contributed by atoms with E-state index >= 15 is 0 Å². The Balaban J connectivity index is 1.96. The predicted molar refractivity (Wildman–Crippen MR) is 99.1 cm³/mol. The highest BCUT2D eigenvalue weighted by Gasteiger charge is 2.40. The fourth-order valence-corrected chi connectivity index (χ4v) is 4.68. The van der Waals surface area contributed by atoms with E-state index < -0.39 is 0 Å². The summed E-state index contributed by atoms with van der Waals surface area (Å²) in [5.74, 6) is 0. The average Bonchev–Trinajstić information content (AvgIpc) is 3.09. The first kappa shape index (κ1) is 15.9. The van der Waals surface area contributed by atoms with Gasteiger partial charge >= 0.3 is 0 Å². The van der Waals surface area contributed by atoms with E-state index in [2.05, 4.69) is 56.3 Å². The van der Waals surface area contributed by atoms with Crippen LogP contribution in [0.2, 0.25) is 0 Å². The highest BCUT2D eigenvalue weighted by Crippen LogP contribution is 2.42. The molecule has 22 heavy (non-hydrogen) atoms. The lowest BCUT2D eigenvalue weighted by atomic mass is 10.0. The Bertz CT molecular complexity index is 644. The summed E-state index contributed by atoms with van der Waals surface area (Å²) in [6.07, 6.45) is 4.14. The highest BCUT2D eigenvalue weighted by atomic mass is 79.9. The molecule has 0 unspecified atom stereocenters. The number of hydrogen-bond donors (Lipinski definition) is 1. The van der Waals surface area contributed by atoms with Gasteiger partial charge in [0.1, 0.15) is 0 Å². The van der Waals surface area contributed by atoms with Crippen molar-refractivity contribution in [2.75, 3.05) is 6.54 Å². The lowest BCUT2D eigenvalue weighted by molar-refractivity contribution is 0.317. The van der Waals surface area contributed by atoms with Crippen LogP contribution in [0.4, 0.5) is 0 Å². The maximum Gasteiger partial charge on any atom is 0.170 e. The number of hydrogen-bond acceptors (Lipinski definition) is 3. The number of halogens is 1. The van der Waals surface area contributed by atoms with Gasteiger partial charge in [0.15, 0.2) is 5.11 Å². The van der Waals surface area contributed by atoms with Crippen molar-refractivity contribution in [3.8, 4) is 0 Å². The van der Waals surface area contributed by atoms with Gasteiger partial charge in [-0.15, -0.1) is 11.3 Å². The topological polar surface area (TPSA) is 28.2 Å². The molecule has 6 heteroatoms. The molecule has 0 saturated carbocycles. The second-order valence-electron chi connectivity index (χ2n) is 5.32. The van der Waals surface area contributed by atoms with Gasteiger partial charge in [0.2, 0.25) is 0 Å². The van der Waals surface area contributed by atoms with E-state index in [4.69, 9.17) is 12.2 Å². The van der Waals surface area contributed by atoms with Gasteiger partial charge in [0, 0.05) is 17.6 Å². The van der Waals surface area contributed by atoms with Crippen LogP contribution in [0.15, 0.2) is 40.3 Å². The lowest BCUT2D eigenvalue weighted by Gasteiger charge is -2.26. The van der Waals surface area contributed by atoms with Crippen molar-refractivity contribution in [2.24, 2.45) is 0 Å². The molecule has 2 atom stereocenters. The van der Waals surface area contributed by atoms with E-state index in [-0.39, 0.29) is 12.1 Å². The second kappa shape index (κ2) is 7.06. The molecule has 0 bridgehead atoms. The summed E-state index contributed by atoms with van der Waals surface area (Å²) in [4.78, 5) is 8.16. The molecule has 0 spiro atoms. The molecule has 3 nitrogen and oxygen atoms in total. The molecule has 1 aliphatic heterocycles. The number of nitrogens with one attached hydrogen (secondary N) is 1. The number of rotatable bonds is 5. The number of thiocarbonyl (C=S) groups is 1. The van der Waals surface area contributed by atoms with Gasteiger partial charge in [0.25, 0.3) is 0 Å². The number of nitrogens with zero attached hydrogens (tertiary/aromatic N) is 2. The fraction of sp³-hybridized carbons (Fsp3) is 0.375. The van der Waals surface area contributed by atoms with E-state index in [0.717, 1.165) is 34.0 Å². The Labute approximate surface area is 148 Å². The molecule has 3 rings (SSSR count). The van der Waals surface area contributed by atoms with Gasteiger partial charge in [-0.3, -0.25) is 4.98 Å². The summed E-state index contributed by atoms with van der Waals surface area (Å²) in [5, 5.41) is 4.31. The molecule has 0 aliphatic carbocycles. The van der Waals surface area contributed by atoms with Crippen LogP contribution in [0.1, 0.15) is 42.4 Å². The van der Waals surface area contributed by atoms with Gasteiger partial charge in [-0.05, 0) is 58.8 Å². The third-order valence-corrected chi connectivity index (χ3v) is 5.88. The van der Waals surface area contributed by atoms with Crippen molar-refractivity contribution >= 4 is 44.6 Å². The minimum Gasteiger partial charge on any atom is -0.352 e. The molecule has 3 heterocycles. The number of unbranched alkanes of at least 4 members (excludes halogenated alkanes) is 1. The van der Waals surface area contributed by atoms with Crippen molar-refractivity contribution in [1.29, 1.82) is 0 Å². The van der Waals surface area contributed by atoms with Crippen LogP contribution in [-0.4, -0.2) is 21.5 Å². The molecule has 1 fully saturated rings. The first-order chi connectivity index (χ1) is 10.7. The maximum atomic E-state index is 5.59. The van der Waals surface area contributed by atoms with Crippen LogP contribution in [0, 0.1) is 0 Å². The zero-order valence-electron chi connectivity index (χ0n) is 12.3. The standard InChI is InChI=1S/C16H18BrN3S2/c1-2-3-10-20-15(12-7-8-13(17)22-12)14(19-16(20)21)11-6-4-5-9-18-11/h4-9,14-15H,2-3,10H2,1H3,(H,19,21)/t14-,15-/m1/s1. The van der Waals surface area contributed by atoms with Crippen LogP contribution in [0.3, 0.4) is 0 Å². The SMILES string of the molecule is CCCCN1C(=S)N[C@H](c2ccccn2)[C@H]1c1ccc(Br)s1. The fourth-order valence-electron chi connectivity index (χ4n) is 2.77. The maximum absolute atomic E-state index is 5.59. The zero-order chi connectivity index (χ0) is 15.5. The number of aromatic nitrogens is 1. The van der Waals surface area contributed by atoms with Crippen LogP contribution in [0.25, 0.3) is 0 Å². The van der Waals surface area contributed by atoms with Gasteiger partial charge in [-0.1, -0.05) is 19.4 Å². The van der Waals surface area contributed by atoms with Crippen molar-refractivity contribution in [2.45, 2.75) is 31.8 Å². The van der Waals surface area contributed by atoms with E-state index in [9.17, 15) is 0 Å². The Kier molecular flexibility index (Phi) is 5.10. The van der Waals surface area contributed by atoms with E-state index in [1.165, 1.54) is 4.88 Å². The summed E-state index contributed by atoms with van der Waals surface area (Å²) in [7, 11) is 0. The largest absolute Gasteiger partial charge is 0.352 e. The third-order valence-electron chi connectivity index (χ3n) is 3.84. The monoisotopic (exact) mass is 395 g/mol. The number of pyridine rings is 1. The van der Waals surface area contributed by atoms with E-state index in [1.807, 2.05) is 18.3 Å². The smallest absolute Gasteiger partial charge is 0.170 e. The van der Waals surface area contributed by atoms with Crippen LogP contribution >= 0.6 is 39.5 Å². The molecule has 1 aliphatic rings. The Morgan fingerprint density at radius 1 is 1.36 bits per heavy atom. The van der Waals surface area contributed by atoms with Crippen molar-refractivity contribution in [3.63, 3.8) is 0 Å². The van der Waals surface area contributed by atoms with E-state index in [1.54, 1.807) is 11.3 Å². The highest BCUT2D eigenvalue weighted by molar-refractivity contribution is 9.11. The Morgan fingerprint density at radius 2 is 2.23 bits per heavy atom. The van der Waals surface area contributed by atoms with Gasteiger partial charge < -0.3 is 10.2 Å². The molecule has 0 aromatic carbocycles. The first-order valence-corrected chi connectivity index (χ1v) is 9.45. The average molecular weight is 396 g/mol. The van der Waals surface area contributed by atoms with Crippen molar-refractivity contribution < 1.29 is 0 Å². The zero-order valence-corrected chi connectivity index (χ0v) is 15.5. The van der Waals surface area contributed by atoms with Crippen molar-refractivity contribution in [3.05, 3.63) is 50.9 Å². The Hall–Kier alpha value is -0.980. The summed E-state index contributed by atoms with van der Waals surface area (Å²) in [6, 6.07) is 10.7. The summed E-state index contributed by atoms with van der Waals surface area (Å²) < 4.78 is 1.15. The first-order valence-electron chi connectivity index (χ1n) is 7.44. The quantitative estimate of drug-likeness (QED) is 0.743. The summed E-state index contributed by atoms with van der Waals surface area (Å²) in [5.41, 5.74) is 1.04. The van der Waals surface area contributed by atoms with Crippen molar-refractivity contribution in [1.82, 2.24) is 15.2 Å². The molecule has 0 amide bonds. The molecule has 116 valence electrons. The van der Waals surface area contributed by atoms with Crippen LogP contribution < -0.4 is 5.32 Å². The molecule has 2 aromatic rings. The summed E-state index contributed by atoms with van der Waals surface area (Å²) in [6.45, 7) is 3.19. The second-order valence-corrected chi connectivity index (χ2v) is 8.20. The molecule has 0 radical (unpaired) electrons. The minimum absolute atomic E-state index is 0.108. The predicted octanol–water partition coefficient (Wildman–Crippen LogP) is 4.68. The van der Waals surface area contributed by atoms with Gasteiger partial charge in [-0.2, -0.15) is 0 Å². The molecular formula is C16H18BrN3S2. The molecule has 1 saturated heterocycles. The Morgan fingerprint density at radius 3 is 2.86 bits per heavy atom. The van der Waals surface area contributed by atoms with Crippen LogP contribution in [0.5, 0.6) is 0 Å². The number of thiophene rings is 1. The molecule has 2 aromatic heterocycles. The van der Waals surface area contributed by atoms with E-state index in [0.29, 0.717) is 0 Å². The normalized spacial score (nSPS) is 21.2. The minimum atomic E-state index is 0.108. The van der Waals surface area contributed by atoms with Crippen LogP contribution in [-0.2, 0) is 0 Å².